The second kappa shape index (κ2) is 6.98. The fourth-order valence-corrected chi connectivity index (χ4v) is 2.62. The van der Waals surface area contributed by atoms with E-state index in [0.29, 0.717) is 12.5 Å². The first-order valence-electron chi connectivity index (χ1n) is 7.03. The first-order valence-corrected chi connectivity index (χ1v) is 7.03. The molecule has 0 aliphatic carbocycles. The highest BCUT2D eigenvalue weighted by Gasteiger charge is 2.18. The Hall–Kier alpha value is -0.970. The maximum Gasteiger partial charge on any atom is 0.123 e. The van der Waals surface area contributed by atoms with Gasteiger partial charge in [-0.05, 0) is 62.5 Å². The maximum absolute atomic E-state index is 13.1. The van der Waals surface area contributed by atoms with E-state index in [4.69, 9.17) is 10.8 Å². The van der Waals surface area contributed by atoms with Crippen LogP contribution in [0.1, 0.15) is 30.9 Å². The number of aliphatic hydroxyl groups is 1. The van der Waals surface area contributed by atoms with Gasteiger partial charge in [0.25, 0.3) is 0 Å². The van der Waals surface area contributed by atoms with Crippen LogP contribution in [0.5, 0.6) is 0 Å². The highest BCUT2D eigenvalue weighted by Crippen LogP contribution is 2.19. The third kappa shape index (κ3) is 4.27. The molecule has 1 aliphatic rings. The average Bonchev–Trinajstić information content (AvgIpc) is 2.45. The van der Waals surface area contributed by atoms with Crippen molar-refractivity contribution in [3.05, 3.63) is 35.6 Å². The molecule has 106 valence electrons. The predicted octanol–water partition coefficient (Wildman–Crippen LogP) is 1.92. The Labute approximate surface area is 114 Å². The monoisotopic (exact) mass is 266 g/mol. The van der Waals surface area contributed by atoms with Crippen LogP contribution in [0.15, 0.2) is 24.3 Å². The normalized spacial score (nSPS) is 19.5. The van der Waals surface area contributed by atoms with E-state index in [-0.39, 0.29) is 11.9 Å². The number of rotatable bonds is 5. The first-order chi connectivity index (χ1) is 9.19. The van der Waals surface area contributed by atoms with Crippen molar-refractivity contribution in [1.29, 1.82) is 0 Å². The first kappa shape index (κ1) is 14.4. The molecular formula is C15H23FN2O. The van der Waals surface area contributed by atoms with Crippen LogP contribution in [0.4, 0.5) is 4.39 Å². The number of nitrogens with two attached hydrogens (primary N) is 1. The fourth-order valence-electron chi connectivity index (χ4n) is 2.62. The highest BCUT2D eigenvalue weighted by molar-refractivity contribution is 5.19. The van der Waals surface area contributed by atoms with E-state index in [1.54, 1.807) is 6.07 Å². The molecule has 0 bridgehead atoms. The zero-order chi connectivity index (χ0) is 13.7. The molecule has 1 atom stereocenters. The van der Waals surface area contributed by atoms with E-state index in [1.165, 1.54) is 12.1 Å². The molecule has 1 aromatic rings. The summed E-state index contributed by atoms with van der Waals surface area (Å²) in [6, 6.07) is 6.44. The number of aliphatic hydroxyl groups excluding tert-OH is 1. The molecule has 4 heteroatoms. The number of halogens is 1. The maximum atomic E-state index is 13.1. The van der Waals surface area contributed by atoms with Crippen LogP contribution in [0.3, 0.4) is 0 Å². The number of hydrogen-bond donors (Lipinski definition) is 2. The van der Waals surface area contributed by atoms with Gasteiger partial charge >= 0.3 is 0 Å². The van der Waals surface area contributed by atoms with Crippen LogP contribution < -0.4 is 5.73 Å². The smallest absolute Gasteiger partial charge is 0.123 e. The van der Waals surface area contributed by atoms with Crippen LogP contribution in [-0.4, -0.2) is 36.2 Å². The van der Waals surface area contributed by atoms with Gasteiger partial charge in [0.2, 0.25) is 0 Å². The van der Waals surface area contributed by atoms with Crippen LogP contribution in [-0.2, 0) is 0 Å². The van der Waals surface area contributed by atoms with Gasteiger partial charge in [-0.15, -0.1) is 0 Å². The minimum atomic E-state index is -0.225. The summed E-state index contributed by atoms with van der Waals surface area (Å²) in [4.78, 5) is 2.38. The van der Waals surface area contributed by atoms with Crippen molar-refractivity contribution in [3.63, 3.8) is 0 Å². The zero-order valence-electron chi connectivity index (χ0n) is 11.3. The molecule has 1 heterocycles. The van der Waals surface area contributed by atoms with Crippen molar-refractivity contribution in [2.45, 2.75) is 25.3 Å². The molecule has 2 rings (SSSR count). The van der Waals surface area contributed by atoms with Crippen molar-refractivity contribution < 1.29 is 9.50 Å². The Morgan fingerprint density at radius 1 is 1.37 bits per heavy atom. The topological polar surface area (TPSA) is 49.5 Å². The van der Waals surface area contributed by atoms with Gasteiger partial charge in [0.15, 0.2) is 0 Å². The number of benzene rings is 1. The van der Waals surface area contributed by atoms with E-state index in [1.807, 2.05) is 6.07 Å². The SMILES string of the molecule is NC(CCN1CCC(CO)CC1)c1cccc(F)c1. The minimum absolute atomic E-state index is 0.105. The van der Waals surface area contributed by atoms with Crippen LogP contribution in [0, 0.1) is 11.7 Å². The van der Waals surface area contributed by atoms with Gasteiger partial charge in [0.1, 0.15) is 5.82 Å². The molecule has 1 aliphatic heterocycles. The van der Waals surface area contributed by atoms with Crippen molar-refractivity contribution >= 4 is 0 Å². The standard InChI is InChI=1S/C15H23FN2O/c16-14-3-1-2-13(10-14)15(17)6-9-18-7-4-12(11-19)5-8-18/h1-3,10,12,15,19H,4-9,11,17H2. The lowest BCUT2D eigenvalue weighted by atomic mass is 9.97. The fraction of sp³-hybridized carbons (Fsp3) is 0.600. The summed E-state index contributed by atoms with van der Waals surface area (Å²) in [7, 11) is 0. The zero-order valence-corrected chi connectivity index (χ0v) is 11.3. The molecular weight excluding hydrogens is 243 g/mol. The van der Waals surface area contributed by atoms with E-state index >= 15 is 0 Å². The van der Waals surface area contributed by atoms with Crippen molar-refractivity contribution in [2.24, 2.45) is 11.7 Å². The summed E-state index contributed by atoms with van der Waals surface area (Å²) in [5.41, 5.74) is 6.97. The highest BCUT2D eigenvalue weighted by atomic mass is 19.1. The van der Waals surface area contributed by atoms with Crippen molar-refractivity contribution in [3.8, 4) is 0 Å². The molecule has 0 aromatic heterocycles. The van der Waals surface area contributed by atoms with Gasteiger partial charge in [-0.1, -0.05) is 12.1 Å². The molecule has 0 amide bonds. The van der Waals surface area contributed by atoms with Crippen LogP contribution in [0.2, 0.25) is 0 Å². The minimum Gasteiger partial charge on any atom is -0.396 e. The molecule has 19 heavy (non-hydrogen) atoms. The molecule has 0 saturated carbocycles. The van der Waals surface area contributed by atoms with Gasteiger partial charge in [-0.2, -0.15) is 0 Å². The number of piperidine rings is 1. The van der Waals surface area contributed by atoms with Crippen molar-refractivity contribution in [2.75, 3.05) is 26.2 Å². The van der Waals surface area contributed by atoms with Crippen LogP contribution >= 0.6 is 0 Å². The van der Waals surface area contributed by atoms with Gasteiger partial charge in [-0.25, -0.2) is 4.39 Å². The van der Waals surface area contributed by atoms with Gasteiger partial charge < -0.3 is 15.7 Å². The Kier molecular flexibility index (Phi) is 5.31. The number of nitrogens with zero attached hydrogens (tertiary/aromatic N) is 1. The van der Waals surface area contributed by atoms with Crippen LogP contribution in [0.25, 0.3) is 0 Å². The third-order valence-corrected chi connectivity index (χ3v) is 4.00. The predicted molar refractivity (Wildman–Crippen MR) is 74.2 cm³/mol. The molecule has 3 N–H and O–H groups in total. The lowest BCUT2D eigenvalue weighted by molar-refractivity contribution is 0.129. The summed E-state index contributed by atoms with van der Waals surface area (Å²) in [5, 5.41) is 9.10. The van der Waals surface area contributed by atoms with E-state index in [0.717, 1.165) is 44.5 Å². The molecule has 1 fully saturated rings. The lowest BCUT2D eigenvalue weighted by Crippen LogP contribution is -2.36. The Balaban J connectivity index is 1.76. The average molecular weight is 266 g/mol. The molecule has 0 radical (unpaired) electrons. The lowest BCUT2D eigenvalue weighted by Gasteiger charge is -2.31. The Bertz CT molecular complexity index is 391. The Morgan fingerprint density at radius 3 is 2.74 bits per heavy atom. The van der Waals surface area contributed by atoms with E-state index in [2.05, 4.69) is 4.90 Å². The Morgan fingerprint density at radius 2 is 2.11 bits per heavy atom. The summed E-state index contributed by atoms with van der Waals surface area (Å²) >= 11 is 0. The molecule has 1 unspecified atom stereocenters. The quantitative estimate of drug-likeness (QED) is 0.856. The molecule has 0 spiro atoms. The third-order valence-electron chi connectivity index (χ3n) is 4.00. The van der Waals surface area contributed by atoms with Gasteiger partial charge in [0.05, 0.1) is 0 Å². The van der Waals surface area contributed by atoms with E-state index in [9.17, 15) is 4.39 Å². The van der Waals surface area contributed by atoms with Gasteiger partial charge in [0, 0.05) is 12.6 Å². The summed E-state index contributed by atoms with van der Waals surface area (Å²) in [6.07, 6.45) is 2.96. The molecule has 3 nitrogen and oxygen atoms in total. The summed E-state index contributed by atoms with van der Waals surface area (Å²) < 4.78 is 13.1. The second-order valence-corrected chi connectivity index (χ2v) is 5.42. The number of hydrogen-bond acceptors (Lipinski definition) is 3. The molecule has 1 saturated heterocycles. The largest absolute Gasteiger partial charge is 0.396 e. The van der Waals surface area contributed by atoms with Crippen molar-refractivity contribution in [1.82, 2.24) is 4.90 Å². The van der Waals surface area contributed by atoms with E-state index < -0.39 is 0 Å². The molecule has 1 aromatic carbocycles. The summed E-state index contributed by atoms with van der Waals surface area (Å²) in [6.45, 7) is 3.30. The second-order valence-electron chi connectivity index (χ2n) is 5.42. The van der Waals surface area contributed by atoms with Gasteiger partial charge in [-0.3, -0.25) is 0 Å². The number of likely N-dealkylation sites (tertiary alicyclic amines) is 1. The summed E-state index contributed by atoms with van der Waals surface area (Å²) in [5.74, 6) is 0.241.